The number of hydrogen-bond donors (Lipinski definition) is 0. The molecule has 0 amide bonds. The zero-order chi connectivity index (χ0) is 21.4. The molecule has 1 aliphatic rings. The number of benzene rings is 1. The smallest absolute Gasteiger partial charge is 0.0460 e. The van der Waals surface area contributed by atoms with Gasteiger partial charge in [-0.1, -0.05) is 52.8 Å². The molecule has 4 rings (SSSR count). The van der Waals surface area contributed by atoms with Gasteiger partial charge in [-0.25, -0.2) is 0 Å². The Balaban J connectivity index is 1.62. The van der Waals surface area contributed by atoms with Gasteiger partial charge in [0.1, 0.15) is 0 Å². The van der Waals surface area contributed by atoms with Gasteiger partial charge in [-0.2, -0.15) is 0 Å². The van der Waals surface area contributed by atoms with E-state index in [1.165, 1.54) is 38.9 Å². The molecule has 1 atom stereocenters. The van der Waals surface area contributed by atoms with E-state index in [4.69, 9.17) is 4.98 Å². The fourth-order valence-electron chi connectivity index (χ4n) is 5.08. The summed E-state index contributed by atoms with van der Waals surface area (Å²) in [7, 11) is 0. The lowest BCUT2D eigenvalue weighted by Crippen LogP contribution is -2.41. The summed E-state index contributed by atoms with van der Waals surface area (Å²) in [5, 5.41) is 2.67. The van der Waals surface area contributed by atoms with Crippen molar-refractivity contribution in [2.75, 3.05) is 6.54 Å². The Hall–Kier alpha value is -2.13. The maximum Gasteiger partial charge on any atom is 0.0460 e. The lowest BCUT2D eigenvalue weighted by molar-refractivity contribution is 0.163. The molecule has 0 saturated carbocycles. The third-order valence-corrected chi connectivity index (χ3v) is 6.89. The van der Waals surface area contributed by atoms with Crippen LogP contribution in [0.3, 0.4) is 0 Å². The number of hydrogen-bond acceptors (Lipinski definition) is 2. The molecular formula is C27H37N3. The molecule has 0 N–H and O–H groups in total. The van der Waals surface area contributed by atoms with Gasteiger partial charge in [0.05, 0.1) is 0 Å². The number of fused-ring (bicyclic) bond motifs is 2. The van der Waals surface area contributed by atoms with Gasteiger partial charge < -0.3 is 4.57 Å². The summed E-state index contributed by atoms with van der Waals surface area (Å²) in [6.07, 6.45) is 6.45. The lowest BCUT2D eigenvalue weighted by atomic mass is 9.91. The van der Waals surface area contributed by atoms with Crippen LogP contribution in [0.1, 0.15) is 81.5 Å². The third kappa shape index (κ3) is 3.92. The fraction of sp³-hybridized carbons (Fsp3) is 0.519. The van der Waals surface area contributed by atoms with Gasteiger partial charge in [0.15, 0.2) is 0 Å². The Morgan fingerprint density at radius 1 is 1.00 bits per heavy atom. The summed E-state index contributed by atoms with van der Waals surface area (Å²) in [4.78, 5) is 7.62. The van der Waals surface area contributed by atoms with Crippen LogP contribution in [0.25, 0.3) is 10.8 Å². The van der Waals surface area contributed by atoms with Crippen molar-refractivity contribution < 1.29 is 0 Å². The van der Waals surface area contributed by atoms with E-state index >= 15 is 0 Å². The first-order chi connectivity index (χ1) is 14.4. The van der Waals surface area contributed by atoms with E-state index in [1.54, 1.807) is 0 Å². The number of aryl methyl sites for hydroxylation is 1. The average molecular weight is 404 g/mol. The highest BCUT2D eigenvalue weighted by atomic mass is 15.2. The Kier molecular flexibility index (Phi) is 6.02. The van der Waals surface area contributed by atoms with Crippen LogP contribution in [0, 0.1) is 0 Å². The molecular weight excluding hydrogens is 366 g/mol. The molecule has 0 spiro atoms. The van der Waals surface area contributed by atoms with Crippen LogP contribution in [-0.4, -0.2) is 27.0 Å². The first-order valence-corrected chi connectivity index (χ1v) is 11.7. The van der Waals surface area contributed by atoms with E-state index in [-0.39, 0.29) is 0 Å². The summed E-state index contributed by atoms with van der Waals surface area (Å²) in [5.41, 5.74) is 7.14. The van der Waals surface area contributed by atoms with E-state index in [1.807, 2.05) is 0 Å². The van der Waals surface area contributed by atoms with Crippen LogP contribution in [0.2, 0.25) is 0 Å². The Morgan fingerprint density at radius 3 is 2.50 bits per heavy atom. The van der Waals surface area contributed by atoms with Crippen molar-refractivity contribution in [1.29, 1.82) is 0 Å². The second-order valence-electron chi connectivity index (χ2n) is 9.64. The highest BCUT2D eigenvalue weighted by molar-refractivity contribution is 5.86. The van der Waals surface area contributed by atoms with Crippen molar-refractivity contribution in [3.63, 3.8) is 0 Å². The predicted molar refractivity (Wildman–Crippen MR) is 127 cm³/mol. The molecule has 1 unspecified atom stereocenters. The van der Waals surface area contributed by atoms with Gasteiger partial charge in [0.25, 0.3) is 0 Å². The number of rotatable bonds is 6. The second-order valence-corrected chi connectivity index (χ2v) is 9.64. The third-order valence-electron chi connectivity index (χ3n) is 6.89. The van der Waals surface area contributed by atoms with Gasteiger partial charge in [-0.3, -0.25) is 9.88 Å². The molecule has 0 saturated heterocycles. The summed E-state index contributed by atoms with van der Waals surface area (Å²) < 4.78 is 2.46. The van der Waals surface area contributed by atoms with E-state index in [9.17, 15) is 0 Å². The standard InChI is InChI=1S/C27H37N3/c1-7-21-8-9-22-16-28-25(27(19(4)5)24(22)15-21)14-20(6)30-13-12-29-11-10-23(18(2)3)26(29)17-30/h8-11,15-16,18-20H,7,12-14,17H2,1-6H3. The lowest BCUT2D eigenvalue weighted by Gasteiger charge is -2.35. The molecule has 3 aromatic rings. The molecule has 2 aromatic heterocycles. The van der Waals surface area contributed by atoms with Gasteiger partial charge in [0, 0.05) is 61.3 Å². The zero-order valence-electron chi connectivity index (χ0n) is 19.6. The number of nitrogens with zero attached hydrogens (tertiary/aromatic N) is 3. The quantitative estimate of drug-likeness (QED) is 0.482. The minimum Gasteiger partial charge on any atom is -0.349 e. The maximum atomic E-state index is 4.97. The molecule has 0 bridgehead atoms. The molecule has 1 aliphatic heterocycles. The topological polar surface area (TPSA) is 21.1 Å². The Bertz CT molecular complexity index is 1030. The minimum absolute atomic E-state index is 0.474. The molecule has 0 aliphatic carbocycles. The number of aromatic nitrogens is 2. The fourth-order valence-corrected chi connectivity index (χ4v) is 5.08. The van der Waals surface area contributed by atoms with Gasteiger partial charge in [-0.05, 0) is 53.3 Å². The molecule has 0 fully saturated rings. The van der Waals surface area contributed by atoms with Gasteiger partial charge in [-0.15, -0.1) is 0 Å². The summed E-state index contributed by atoms with van der Waals surface area (Å²) in [6, 6.07) is 9.67. The van der Waals surface area contributed by atoms with E-state index < -0.39 is 0 Å². The maximum absolute atomic E-state index is 4.97. The molecule has 0 radical (unpaired) electrons. The zero-order valence-corrected chi connectivity index (χ0v) is 19.6. The highest BCUT2D eigenvalue weighted by Gasteiger charge is 2.25. The van der Waals surface area contributed by atoms with Crippen molar-refractivity contribution >= 4 is 10.8 Å². The first kappa shape index (κ1) is 21.1. The summed E-state index contributed by atoms with van der Waals surface area (Å²) in [6.45, 7) is 17.1. The van der Waals surface area contributed by atoms with Crippen molar-refractivity contribution in [3.8, 4) is 0 Å². The van der Waals surface area contributed by atoms with Crippen LogP contribution in [-0.2, 0) is 25.9 Å². The summed E-state index contributed by atoms with van der Waals surface area (Å²) >= 11 is 0. The Labute approximate surface area is 182 Å². The molecule has 160 valence electrons. The van der Waals surface area contributed by atoms with E-state index in [2.05, 4.69) is 87.7 Å². The first-order valence-electron chi connectivity index (χ1n) is 11.7. The van der Waals surface area contributed by atoms with Gasteiger partial charge in [0.2, 0.25) is 0 Å². The second kappa shape index (κ2) is 8.55. The van der Waals surface area contributed by atoms with E-state index in [0.29, 0.717) is 17.9 Å². The molecule has 3 heteroatoms. The monoisotopic (exact) mass is 403 g/mol. The minimum atomic E-state index is 0.474. The molecule has 30 heavy (non-hydrogen) atoms. The van der Waals surface area contributed by atoms with Crippen molar-refractivity contribution in [2.45, 2.75) is 85.4 Å². The SMILES string of the molecule is CCc1ccc2cnc(CC(C)N3CCn4ccc(C(C)C)c4C3)c(C(C)C)c2c1. The van der Waals surface area contributed by atoms with Crippen LogP contribution in [0.4, 0.5) is 0 Å². The predicted octanol–water partition coefficient (Wildman–Crippen LogP) is 6.29. The Morgan fingerprint density at radius 2 is 1.80 bits per heavy atom. The molecule has 1 aromatic carbocycles. The number of pyridine rings is 1. The van der Waals surface area contributed by atoms with Crippen LogP contribution in [0.5, 0.6) is 0 Å². The molecule has 3 heterocycles. The van der Waals surface area contributed by atoms with Crippen LogP contribution >= 0.6 is 0 Å². The summed E-state index contributed by atoms with van der Waals surface area (Å²) in [5.74, 6) is 1.06. The van der Waals surface area contributed by atoms with Crippen molar-refractivity contribution in [2.24, 2.45) is 0 Å². The molecule has 3 nitrogen and oxygen atoms in total. The normalized spacial score (nSPS) is 15.9. The van der Waals surface area contributed by atoms with Crippen LogP contribution in [0.15, 0.2) is 36.7 Å². The largest absolute Gasteiger partial charge is 0.349 e. The van der Waals surface area contributed by atoms with Crippen molar-refractivity contribution in [3.05, 3.63) is 64.7 Å². The van der Waals surface area contributed by atoms with Crippen molar-refractivity contribution in [1.82, 2.24) is 14.5 Å². The highest BCUT2D eigenvalue weighted by Crippen LogP contribution is 2.31. The van der Waals surface area contributed by atoms with Crippen LogP contribution < -0.4 is 0 Å². The van der Waals surface area contributed by atoms with E-state index in [0.717, 1.165) is 32.5 Å². The van der Waals surface area contributed by atoms with Gasteiger partial charge >= 0.3 is 0 Å². The average Bonchev–Trinajstić information content (AvgIpc) is 3.16.